The van der Waals surface area contributed by atoms with Crippen LogP contribution in [0.2, 0.25) is 0 Å². The van der Waals surface area contributed by atoms with E-state index in [2.05, 4.69) is 26.8 Å². The van der Waals surface area contributed by atoms with Gasteiger partial charge in [0.15, 0.2) is 0 Å². The number of carbonyl (C=O) groups excluding carboxylic acids is 1. The second-order valence-corrected chi connectivity index (χ2v) is 6.71. The van der Waals surface area contributed by atoms with Gasteiger partial charge in [0.2, 0.25) is 5.91 Å². The third-order valence-corrected chi connectivity index (χ3v) is 4.29. The molecule has 0 spiro atoms. The van der Waals surface area contributed by atoms with Crippen molar-refractivity contribution in [1.29, 1.82) is 0 Å². The summed E-state index contributed by atoms with van der Waals surface area (Å²) in [5, 5.41) is 19.1. The van der Waals surface area contributed by atoms with Crippen molar-refractivity contribution in [3.05, 3.63) is 41.5 Å². The van der Waals surface area contributed by atoms with Crippen molar-refractivity contribution in [2.75, 3.05) is 13.2 Å². The predicted octanol–water partition coefficient (Wildman–Crippen LogP) is 3.68. The Balaban J connectivity index is 1.99. The van der Waals surface area contributed by atoms with Gasteiger partial charge in [-0.2, -0.15) is 0 Å². The Bertz CT molecular complexity index is 662. The molecule has 5 heteroatoms. The molecule has 1 fully saturated rings. The topological polar surface area (TPSA) is 70.0 Å². The van der Waals surface area contributed by atoms with E-state index in [1.165, 1.54) is 23.8 Å². The van der Waals surface area contributed by atoms with E-state index in [4.69, 9.17) is 4.74 Å². The van der Waals surface area contributed by atoms with Crippen LogP contribution in [0.1, 0.15) is 39.2 Å². The second kappa shape index (κ2) is 8.72. The van der Waals surface area contributed by atoms with E-state index in [1.54, 1.807) is 17.0 Å². The summed E-state index contributed by atoms with van der Waals surface area (Å²) in [6.07, 6.45) is 6.92. The normalized spacial score (nSPS) is 18.5. The van der Waals surface area contributed by atoms with E-state index in [0.29, 0.717) is 18.7 Å². The van der Waals surface area contributed by atoms with Gasteiger partial charge in [0.25, 0.3) is 0 Å². The smallest absolute Gasteiger partial charge is 0.248 e. The van der Waals surface area contributed by atoms with E-state index in [-0.39, 0.29) is 29.6 Å². The summed E-state index contributed by atoms with van der Waals surface area (Å²) in [4.78, 5) is 14.2. The highest BCUT2D eigenvalue weighted by atomic mass is 16.5. The first kappa shape index (κ1) is 19.1. The molecule has 2 rings (SSSR count). The molecule has 1 aromatic rings. The van der Waals surface area contributed by atoms with Crippen LogP contribution in [-0.2, 0) is 9.53 Å². The fourth-order valence-electron chi connectivity index (χ4n) is 2.90. The number of ether oxygens (including phenoxy) is 1. The van der Waals surface area contributed by atoms with Crippen LogP contribution in [0.15, 0.2) is 35.9 Å². The maximum atomic E-state index is 12.5. The van der Waals surface area contributed by atoms with E-state index in [9.17, 15) is 15.0 Å². The molecule has 0 saturated carbocycles. The molecule has 1 heterocycles. The highest BCUT2D eigenvalue weighted by Gasteiger charge is 2.32. The zero-order chi connectivity index (χ0) is 18.4. The predicted molar refractivity (Wildman–Crippen MR) is 98.1 cm³/mol. The fraction of sp³-hybridized carbons (Fsp3) is 0.450. The molecule has 2 atom stereocenters. The Morgan fingerprint density at radius 3 is 2.84 bits per heavy atom. The molecule has 5 nitrogen and oxygen atoms in total. The van der Waals surface area contributed by atoms with E-state index in [0.717, 1.165) is 12.8 Å². The highest BCUT2D eigenvalue weighted by Crippen LogP contribution is 2.25. The zero-order valence-corrected chi connectivity index (χ0v) is 15.1. The number of aromatic hydroxyl groups is 2. The molecule has 0 bridgehead atoms. The molecule has 1 saturated heterocycles. The number of allylic oxidation sites excluding steroid dienone is 2. The van der Waals surface area contributed by atoms with Crippen LogP contribution in [0, 0.1) is 5.92 Å². The van der Waals surface area contributed by atoms with Gasteiger partial charge < -0.3 is 19.8 Å². The molecule has 0 aliphatic carbocycles. The summed E-state index contributed by atoms with van der Waals surface area (Å²) in [6.45, 7) is 7.38. The number of rotatable bonds is 6. The summed E-state index contributed by atoms with van der Waals surface area (Å²) < 4.78 is 5.77. The second-order valence-electron chi connectivity index (χ2n) is 6.71. The Labute approximate surface area is 149 Å². The number of hydrogen-bond acceptors (Lipinski definition) is 4. The van der Waals surface area contributed by atoms with E-state index >= 15 is 0 Å². The average molecular weight is 345 g/mol. The first-order valence-corrected chi connectivity index (χ1v) is 8.64. The van der Waals surface area contributed by atoms with Crippen LogP contribution in [0.3, 0.4) is 0 Å². The third kappa shape index (κ3) is 5.36. The van der Waals surface area contributed by atoms with Crippen LogP contribution in [0.25, 0.3) is 6.08 Å². The Morgan fingerprint density at radius 1 is 1.40 bits per heavy atom. The number of nitrogens with zero attached hydrogens (tertiary/aromatic N) is 1. The zero-order valence-electron chi connectivity index (χ0n) is 15.1. The molecular weight excluding hydrogens is 318 g/mol. The van der Waals surface area contributed by atoms with Gasteiger partial charge in [-0.05, 0) is 44.9 Å². The highest BCUT2D eigenvalue weighted by molar-refractivity contribution is 5.92. The molecule has 25 heavy (non-hydrogen) atoms. The van der Waals surface area contributed by atoms with Gasteiger partial charge in [-0.1, -0.05) is 18.6 Å². The summed E-state index contributed by atoms with van der Waals surface area (Å²) in [5.41, 5.74) is 1.78. The number of benzene rings is 1. The molecule has 2 N–H and O–H groups in total. The number of phenols is 2. The van der Waals surface area contributed by atoms with Crippen molar-refractivity contribution in [3.8, 4) is 11.5 Å². The number of phenolic OH excluding ortho intramolecular Hbond substituents is 2. The molecule has 0 radical (unpaired) electrons. The minimum atomic E-state index is -0.212. The van der Waals surface area contributed by atoms with Crippen molar-refractivity contribution in [3.63, 3.8) is 0 Å². The van der Waals surface area contributed by atoms with E-state index in [1.807, 2.05) is 0 Å². The lowest BCUT2D eigenvalue weighted by Gasteiger charge is -2.27. The minimum Gasteiger partial charge on any atom is -0.508 e. The van der Waals surface area contributed by atoms with Gasteiger partial charge >= 0.3 is 0 Å². The monoisotopic (exact) mass is 345 g/mol. The first-order chi connectivity index (χ1) is 11.9. The lowest BCUT2D eigenvalue weighted by atomic mass is 10.0. The summed E-state index contributed by atoms with van der Waals surface area (Å²) in [5.74, 6) is 0.0362. The summed E-state index contributed by atoms with van der Waals surface area (Å²) in [7, 11) is 0. The fourth-order valence-corrected chi connectivity index (χ4v) is 2.90. The van der Waals surface area contributed by atoms with Crippen LogP contribution < -0.4 is 0 Å². The lowest BCUT2D eigenvalue weighted by molar-refractivity contribution is -0.133. The van der Waals surface area contributed by atoms with Crippen molar-refractivity contribution in [1.82, 2.24) is 4.90 Å². The quantitative estimate of drug-likeness (QED) is 0.609. The number of hydrogen-bond donors (Lipinski definition) is 2. The minimum absolute atomic E-state index is 0.0147. The van der Waals surface area contributed by atoms with Gasteiger partial charge in [0, 0.05) is 30.2 Å². The molecule has 1 aliphatic rings. The van der Waals surface area contributed by atoms with Gasteiger partial charge in [-0.15, -0.1) is 0 Å². The molecule has 136 valence electrons. The van der Waals surface area contributed by atoms with E-state index < -0.39 is 0 Å². The Morgan fingerprint density at radius 2 is 2.16 bits per heavy atom. The Hall–Kier alpha value is -2.27. The van der Waals surface area contributed by atoms with Crippen LogP contribution >= 0.6 is 0 Å². The van der Waals surface area contributed by atoms with Crippen molar-refractivity contribution in [2.24, 2.45) is 5.92 Å². The first-order valence-electron chi connectivity index (χ1n) is 8.64. The molecule has 2 unspecified atom stereocenters. The standard InChI is InChI=1S/C20H27NO4/c1-14(2)5-4-6-15(3)20-21(11-12-25-20)19(24)10-8-16-7-9-17(22)13-18(16)23/h5,7-10,13,15,20,22-23H,4,6,11-12H2,1-3H3. The average Bonchev–Trinajstić information content (AvgIpc) is 3.03. The van der Waals surface area contributed by atoms with Gasteiger partial charge in [0.1, 0.15) is 17.7 Å². The summed E-state index contributed by atoms with van der Waals surface area (Å²) >= 11 is 0. The van der Waals surface area contributed by atoms with Gasteiger partial charge in [0.05, 0.1) is 6.61 Å². The Kier molecular flexibility index (Phi) is 6.65. The molecule has 0 aromatic heterocycles. The van der Waals surface area contributed by atoms with Crippen LogP contribution in [-0.4, -0.2) is 40.4 Å². The lowest BCUT2D eigenvalue weighted by Crippen LogP contribution is -2.39. The van der Waals surface area contributed by atoms with Crippen molar-refractivity contribution >= 4 is 12.0 Å². The molecule has 1 aliphatic heterocycles. The van der Waals surface area contributed by atoms with Crippen molar-refractivity contribution in [2.45, 2.75) is 39.8 Å². The van der Waals surface area contributed by atoms with Gasteiger partial charge in [-0.3, -0.25) is 4.79 Å². The molecule has 1 aromatic carbocycles. The number of carbonyl (C=O) groups is 1. The largest absolute Gasteiger partial charge is 0.508 e. The van der Waals surface area contributed by atoms with Gasteiger partial charge in [-0.25, -0.2) is 0 Å². The van der Waals surface area contributed by atoms with Crippen molar-refractivity contribution < 1.29 is 19.7 Å². The van der Waals surface area contributed by atoms with Crippen LogP contribution in [0.4, 0.5) is 0 Å². The number of amides is 1. The SMILES string of the molecule is CC(C)=CCCC(C)C1OCCN1C(=O)C=Cc1ccc(O)cc1O. The maximum absolute atomic E-state index is 12.5. The van der Waals surface area contributed by atoms with Crippen LogP contribution in [0.5, 0.6) is 11.5 Å². The summed E-state index contributed by atoms with van der Waals surface area (Å²) in [6, 6.07) is 4.28. The maximum Gasteiger partial charge on any atom is 0.248 e. The molecular formula is C20H27NO4. The molecule has 1 amide bonds. The third-order valence-electron chi connectivity index (χ3n) is 4.29.